The normalized spacial score (nSPS) is 12.8. The standard InChI is InChI=1S/C6H8AsNO3/c8-5-3-4(7(10)11)1-2-6(5)9/h1-3,7,9H,8H2,(H,10,11). The van der Waals surface area contributed by atoms with Crippen molar-refractivity contribution >= 4 is 25.0 Å². The van der Waals surface area contributed by atoms with Crippen LogP contribution in [0, 0.1) is 0 Å². The Morgan fingerprint density at radius 1 is 1.45 bits per heavy atom. The van der Waals surface area contributed by atoms with E-state index in [1.165, 1.54) is 18.2 Å². The molecule has 4 N–H and O–H groups in total. The van der Waals surface area contributed by atoms with Crippen LogP contribution in [0.2, 0.25) is 0 Å². The van der Waals surface area contributed by atoms with Crippen LogP contribution in [0.4, 0.5) is 5.69 Å². The summed E-state index contributed by atoms with van der Waals surface area (Å²) in [7, 11) is 0. The zero-order valence-corrected chi connectivity index (χ0v) is 7.71. The van der Waals surface area contributed by atoms with E-state index >= 15 is 0 Å². The predicted octanol–water partition coefficient (Wildman–Crippen LogP) is -1.18. The number of nitrogens with two attached hydrogens (primary N) is 1. The number of nitrogen functional groups attached to an aromatic ring is 1. The first-order chi connectivity index (χ1) is 5.11. The second-order valence-electron chi connectivity index (χ2n) is 2.08. The Hall–Kier alpha value is -0.862. The third-order valence-corrected chi connectivity index (χ3v) is 2.96. The van der Waals surface area contributed by atoms with E-state index in [4.69, 9.17) is 14.9 Å². The number of rotatable bonds is 1. The molecule has 4 nitrogen and oxygen atoms in total. The molecule has 0 saturated heterocycles. The second kappa shape index (κ2) is 3.03. The SMILES string of the molecule is Nc1cc([AsH](=O)O)ccc1O. The van der Waals surface area contributed by atoms with E-state index in [1.807, 2.05) is 0 Å². The molecule has 0 saturated carbocycles. The molecule has 0 aliphatic carbocycles. The van der Waals surface area contributed by atoms with Crippen molar-refractivity contribution in [3.05, 3.63) is 18.2 Å². The molecule has 1 rings (SSSR count). The van der Waals surface area contributed by atoms with Crippen molar-refractivity contribution in [1.29, 1.82) is 0 Å². The molecule has 0 heterocycles. The van der Waals surface area contributed by atoms with Crippen molar-refractivity contribution in [1.82, 2.24) is 0 Å². The van der Waals surface area contributed by atoms with Crippen LogP contribution in [-0.2, 0) is 3.74 Å². The molecular weight excluding hydrogens is 209 g/mol. The van der Waals surface area contributed by atoms with Gasteiger partial charge in [0.1, 0.15) is 0 Å². The maximum atomic E-state index is 10.6. The summed E-state index contributed by atoms with van der Waals surface area (Å²) in [5, 5.41) is 8.94. The van der Waals surface area contributed by atoms with E-state index in [-0.39, 0.29) is 11.4 Å². The van der Waals surface area contributed by atoms with Gasteiger partial charge in [0.2, 0.25) is 0 Å². The Kier molecular flexibility index (Phi) is 2.27. The summed E-state index contributed by atoms with van der Waals surface area (Å²) in [6, 6.07) is 4.03. The van der Waals surface area contributed by atoms with Crippen molar-refractivity contribution in [3.63, 3.8) is 0 Å². The van der Waals surface area contributed by atoms with Crippen molar-refractivity contribution < 1.29 is 12.9 Å². The number of anilines is 1. The van der Waals surface area contributed by atoms with Crippen LogP contribution in [0.25, 0.3) is 0 Å². The van der Waals surface area contributed by atoms with Gasteiger partial charge in [0, 0.05) is 0 Å². The molecule has 0 aromatic heterocycles. The molecular formula is C6H8AsNO3. The summed E-state index contributed by atoms with van der Waals surface area (Å²) in [4.78, 5) is 0. The van der Waals surface area contributed by atoms with Gasteiger partial charge in [0.25, 0.3) is 0 Å². The Morgan fingerprint density at radius 2 is 2.09 bits per heavy atom. The van der Waals surface area contributed by atoms with Crippen molar-refractivity contribution in [2.45, 2.75) is 0 Å². The van der Waals surface area contributed by atoms with Gasteiger partial charge in [-0.25, -0.2) is 0 Å². The summed E-state index contributed by atoms with van der Waals surface area (Å²) in [5.41, 5.74) is 5.42. The Morgan fingerprint density at radius 3 is 2.55 bits per heavy atom. The van der Waals surface area contributed by atoms with E-state index in [9.17, 15) is 3.74 Å². The fourth-order valence-corrected chi connectivity index (χ4v) is 1.75. The second-order valence-corrected chi connectivity index (χ2v) is 4.57. The average Bonchev–Trinajstić information content (AvgIpc) is 1.94. The number of phenols is 1. The van der Waals surface area contributed by atoms with E-state index in [2.05, 4.69) is 0 Å². The topological polar surface area (TPSA) is 83.6 Å². The van der Waals surface area contributed by atoms with Crippen LogP contribution in [0.5, 0.6) is 5.75 Å². The number of phenolic OH excluding ortho intramolecular Hbond substituents is 1. The minimum absolute atomic E-state index is 0.0619. The number of aromatic hydroxyl groups is 1. The zero-order chi connectivity index (χ0) is 8.43. The Bertz CT molecular complexity index is 300. The van der Waals surface area contributed by atoms with Gasteiger partial charge in [0.05, 0.1) is 0 Å². The minimum atomic E-state index is -3.26. The monoisotopic (exact) mass is 217 g/mol. The molecule has 0 fully saturated rings. The van der Waals surface area contributed by atoms with Crippen LogP contribution in [-0.4, -0.2) is 24.1 Å². The summed E-state index contributed by atoms with van der Waals surface area (Å²) in [5.74, 6) is -0.0619. The van der Waals surface area contributed by atoms with Gasteiger partial charge in [0.15, 0.2) is 0 Å². The van der Waals surface area contributed by atoms with Crippen molar-refractivity contribution in [2.75, 3.05) is 5.73 Å². The molecule has 1 atom stereocenters. The van der Waals surface area contributed by atoms with Crippen LogP contribution >= 0.6 is 0 Å². The molecule has 5 heteroatoms. The Labute approximate surface area is 68.1 Å². The molecule has 1 aromatic carbocycles. The first-order valence-corrected chi connectivity index (χ1v) is 5.77. The van der Waals surface area contributed by atoms with Gasteiger partial charge in [-0.1, -0.05) is 0 Å². The summed E-state index contributed by atoms with van der Waals surface area (Å²) < 4.78 is 19.6. The van der Waals surface area contributed by atoms with E-state index in [1.54, 1.807) is 0 Å². The molecule has 0 aliphatic rings. The maximum absolute atomic E-state index is 10.6. The van der Waals surface area contributed by atoms with Gasteiger partial charge >= 0.3 is 67.6 Å². The number of hydrogen-bond acceptors (Lipinski definition) is 3. The molecule has 0 spiro atoms. The Balaban J connectivity index is 3.15. The van der Waals surface area contributed by atoms with Crippen LogP contribution in [0.3, 0.4) is 0 Å². The molecule has 1 unspecified atom stereocenters. The van der Waals surface area contributed by atoms with Crippen LogP contribution in [0.15, 0.2) is 18.2 Å². The molecule has 0 aliphatic heterocycles. The average molecular weight is 217 g/mol. The number of benzene rings is 1. The van der Waals surface area contributed by atoms with E-state index < -0.39 is 14.9 Å². The summed E-state index contributed by atoms with van der Waals surface area (Å²) in [6.45, 7) is 0. The van der Waals surface area contributed by atoms with Crippen molar-refractivity contribution in [2.24, 2.45) is 0 Å². The van der Waals surface area contributed by atoms with Gasteiger partial charge in [-0.2, -0.15) is 0 Å². The third kappa shape index (κ3) is 1.79. The molecule has 60 valence electrons. The van der Waals surface area contributed by atoms with Crippen LogP contribution in [0.1, 0.15) is 0 Å². The molecule has 11 heavy (non-hydrogen) atoms. The van der Waals surface area contributed by atoms with Gasteiger partial charge in [-0.05, 0) is 0 Å². The fourth-order valence-electron chi connectivity index (χ4n) is 0.688. The van der Waals surface area contributed by atoms with E-state index in [0.29, 0.717) is 4.35 Å². The molecule has 0 radical (unpaired) electrons. The summed E-state index contributed by atoms with van der Waals surface area (Å²) in [6.07, 6.45) is 0. The van der Waals surface area contributed by atoms with E-state index in [0.717, 1.165) is 0 Å². The number of hydrogen-bond donors (Lipinski definition) is 3. The van der Waals surface area contributed by atoms with Crippen molar-refractivity contribution in [3.8, 4) is 5.75 Å². The van der Waals surface area contributed by atoms with Crippen LogP contribution < -0.4 is 10.1 Å². The fraction of sp³-hybridized carbons (Fsp3) is 0. The molecule has 0 amide bonds. The molecule has 1 aromatic rings. The third-order valence-electron chi connectivity index (χ3n) is 1.27. The van der Waals surface area contributed by atoms with Gasteiger partial charge in [-0.15, -0.1) is 0 Å². The van der Waals surface area contributed by atoms with Gasteiger partial charge in [-0.3, -0.25) is 0 Å². The summed E-state index contributed by atoms with van der Waals surface area (Å²) >= 11 is -3.26. The zero-order valence-electron chi connectivity index (χ0n) is 5.61. The van der Waals surface area contributed by atoms with Gasteiger partial charge < -0.3 is 0 Å². The first-order valence-electron chi connectivity index (χ1n) is 2.93. The first kappa shape index (κ1) is 8.24. The molecule has 0 bridgehead atoms. The predicted molar refractivity (Wildman–Crippen MR) is 42.2 cm³/mol. The quantitative estimate of drug-likeness (QED) is 0.314.